The van der Waals surface area contributed by atoms with E-state index < -0.39 is 0 Å². The molecule has 0 aromatic carbocycles. The van der Waals surface area contributed by atoms with E-state index in [0.29, 0.717) is 12.0 Å². The van der Waals surface area contributed by atoms with Crippen molar-refractivity contribution in [1.29, 1.82) is 0 Å². The Morgan fingerprint density at radius 1 is 1.33 bits per heavy atom. The second-order valence-corrected chi connectivity index (χ2v) is 6.65. The second kappa shape index (κ2) is 8.13. The monoisotopic (exact) mass is 256 g/mol. The van der Waals surface area contributed by atoms with Gasteiger partial charge in [-0.05, 0) is 63.1 Å². The number of unbranched alkanes of at least 4 members (excludes halogenated alkanes) is 1. The van der Waals surface area contributed by atoms with Crippen LogP contribution in [0.2, 0.25) is 0 Å². The van der Waals surface area contributed by atoms with Gasteiger partial charge in [-0.1, -0.05) is 20.3 Å². The van der Waals surface area contributed by atoms with Crippen LogP contribution >= 0.6 is 0 Å². The molecule has 1 heterocycles. The molecule has 0 radical (unpaired) electrons. The Kier molecular flexibility index (Phi) is 7.20. The second-order valence-electron chi connectivity index (χ2n) is 6.65. The van der Waals surface area contributed by atoms with Gasteiger partial charge in [0.05, 0.1) is 0 Å². The maximum atomic E-state index is 9.01. The van der Waals surface area contributed by atoms with Gasteiger partial charge in [-0.3, -0.25) is 0 Å². The summed E-state index contributed by atoms with van der Waals surface area (Å²) in [5, 5.41) is 9.01. The van der Waals surface area contributed by atoms with Crippen LogP contribution in [-0.2, 0) is 0 Å². The number of likely N-dealkylation sites (tertiary alicyclic amines) is 1. The molecule has 0 aromatic heterocycles. The molecular weight excluding hydrogens is 224 g/mol. The van der Waals surface area contributed by atoms with Crippen molar-refractivity contribution in [2.24, 2.45) is 17.1 Å². The average Bonchev–Trinajstić information content (AvgIpc) is 2.36. The molecule has 1 saturated heterocycles. The first kappa shape index (κ1) is 15.9. The predicted octanol–water partition coefficient (Wildman–Crippen LogP) is 2.24. The third kappa shape index (κ3) is 6.17. The minimum Gasteiger partial charge on any atom is -0.396 e. The van der Waals surface area contributed by atoms with E-state index >= 15 is 0 Å². The molecule has 18 heavy (non-hydrogen) atoms. The topological polar surface area (TPSA) is 49.5 Å². The third-order valence-electron chi connectivity index (χ3n) is 4.27. The van der Waals surface area contributed by atoms with Crippen LogP contribution in [0.4, 0.5) is 0 Å². The molecule has 1 unspecified atom stereocenters. The van der Waals surface area contributed by atoms with Gasteiger partial charge in [0.15, 0.2) is 0 Å². The zero-order chi connectivity index (χ0) is 13.4. The molecule has 1 atom stereocenters. The predicted molar refractivity (Wildman–Crippen MR) is 77.6 cm³/mol. The Bertz CT molecular complexity index is 217. The van der Waals surface area contributed by atoms with Crippen molar-refractivity contribution in [3.63, 3.8) is 0 Å². The van der Waals surface area contributed by atoms with Gasteiger partial charge in [-0.2, -0.15) is 0 Å². The lowest BCUT2D eigenvalue weighted by molar-refractivity contribution is 0.144. The van der Waals surface area contributed by atoms with Gasteiger partial charge in [-0.25, -0.2) is 0 Å². The molecule has 1 fully saturated rings. The van der Waals surface area contributed by atoms with E-state index in [1.165, 1.54) is 51.7 Å². The van der Waals surface area contributed by atoms with Gasteiger partial charge < -0.3 is 15.7 Å². The molecule has 1 aliphatic heterocycles. The summed E-state index contributed by atoms with van der Waals surface area (Å²) < 4.78 is 0. The minimum absolute atomic E-state index is 0.307. The van der Waals surface area contributed by atoms with Gasteiger partial charge >= 0.3 is 0 Å². The van der Waals surface area contributed by atoms with E-state index in [9.17, 15) is 0 Å². The lowest BCUT2D eigenvalue weighted by Gasteiger charge is -2.32. The fourth-order valence-electron chi connectivity index (χ4n) is 2.81. The van der Waals surface area contributed by atoms with Crippen LogP contribution < -0.4 is 5.73 Å². The van der Waals surface area contributed by atoms with Crippen LogP contribution in [0.3, 0.4) is 0 Å². The number of nitrogens with zero attached hydrogens (tertiary/aromatic N) is 1. The van der Waals surface area contributed by atoms with Crippen molar-refractivity contribution >= 4 is 0 Å². The Hall–Kier alpha value is -0.120. The molecule has 1 rings (SSSR count). The van der Waals surface area contributed by atoms with Crippen molar-refractivity contribution in [2.75, 3.05) is 32.8 Å². The number of aliphatic hydroxyl groups is 1. The highest BCUT2D eigenvalue weighted by molar-refractivity contribution is 4.74. The van der Waals surface area contributed by atoms with Crippen molar-refractivity contribution in [1.82, 2.24) is 4.90 Å². The third-order valence-corrected chi connectivity index (χ3v) is 4.27. The summed E-state index contributed by atoms with van der Waals surface area (Å²) in [5.74, 6) is 0.726. The molecule has 0 aliphatic carbocycles. The SMILES string of the molecule is CC(C)(CN)CCCCN1CCCC(CCO)C1. The Morgan fingerprint density at radius 2 is 2.11 bits per heavy atom. The number of aliphatic hydroxyl groups excluding tert-OH is 1. The van der Waals surface area contributed by atoms with Crippen LogP contribution in [0.15, 0.2) is 0 Å². The molecule has 108 valence electrons. The molecule has 3 N–H and O–H groups in total. The number of hydrogen-bond donors (Lipinski definition) is 2. The van der Waals surface area contributed by atoms with Gasteiger partial charge in [0.25, 0.3) is 0 Å². The summed E-state index contributed by atoms with van der Waals surface area (Å²) in [7, 11) is 0. The molecular formula is C15H32N2O. The van der Waals surface area contributed by atoms with Crippen molar-refractivity contribution in [2.45, 2.75) is 52.4 Å². The van der Waals surface area contributed by atoms with E-state index in [0.717, 1.165) is 18.9 Å². The fraction of sp³-hybridized carbons (Fsp3) is 1.00. The molecule has 0 amide bonds. The van der Waals surface area contributed by atoms with Gasteiger partial charge in [0, 0.05) is 13.2 Å². The summed E-state index contributed by atoms with van der Waals surface area (Å²) in [6, 6.07) is 0. The van der Waals surface area contributed by atoms with Crippen LogP contribution in [0, 0.1) is 11.3 Å². The molecule has 1 aliphatic rings. The average molecular weight is 256 g/mol. The zero-order valence-corrected chi connectivity index (χ0v) is 12.3. The van der Waals surface area contributed by atoms with Crippen molar-refractivity contribution < 1.29 is 5.11 Å². The molecule has 0 bridgehead atoms. The van der Waals surface area contributed by atoms with Crippen molar-refractivity contribution in [3.05, 3.63) is 0 Å². The highest BCUT2D eigenvalue weighted by Gasteiger charge is 2.19. The van der Waals surface area contributed by atoms with E-state index in [2.05, 4.69) is 18.7 Å². The zero-order valence-electron chi connectivity index (χ0n) is 12.3. The van der Waals surface area contributed by atoms with Gasteiger partial charge in [0.1, 0.15) is 0 Å². The van der Waals surface area contributed by atoms with Crippen LogP contribution in [0.1, 0.15) is 52.4 Å². The number of piperidine rings is 1. The summed E-state index contributed by atoms with van der Waals surface area (Å²) in [6.45, 7) is 9.32. The van der Waals surface area contributed by atoms with E-state index in [1.54, 1.807) is 0 Å². The fourth-order valence-corrected chi connectivity index (χ4v) is 2.81. The highest BCUT2D eigenvalue weighted by atomic mass is 16.3. The maximum Gasteiger partial charge on any atom is 0.0434 e. The summed E-state index contributed by atoms with van der Waals surface area (Å²) in [5.41, 5.74) is 6.06. The van der Waals surface area contributed by atoms with Crippen LogP contribution in [0.5, 0.6) is 0 Å². The normalized spacial score (nSPS) is 22.3. The van der Waals surface area contributed by atoms with Gasteiger partial charge in [-0.15, -0.1) is 0 Å². The first-order chi connectivity index (χ1) is 8.57. The lowest BCUT2D eigenvalue weighted by atomic mass is 9.87. The van der Waals surface area contributed by atoms with Crippen LogP contribution in [-0.4, -0.2) is 42.8 Å². The van der Waals surface area contributed by atoms with Crippen LogP contribution in [0.25, 0.3) is 0 Å². The highest BCUT2D eigenvalue weighted by Crippen LogP contribution is 2.23. The number of hydrogen-bond acceptors (Lipinski definition) is 3. The minimum atomic E-state index is 0.307. The maximum absolute atomic E-state index is 9.01. The quantitative estimate of drug-likeness (QED) is 0.655. The standard InChI is InChI=1S/C15H32N2O/c1-15(2,13-16)8-3-4-9-17-10-5-6-14(12-17)7-11-18/h14,18H,3-13,16H2,1-2H3. The number of rotatable bonds is 8. The largest absolute Gasteiger partial charge is 0.396 e. The Labute approximate surface area is 113 Å². The smallest absolute Gasteiger partial charge is 0.0434 e. The first-order valence-electron chi connectivity index (χ1n) is 7.61. The van der Waals surface area contributed by atoms with E-state index in [1.807, 2.05) is 0 Å². The molecule has 3 heteroatoms. The lowest BCUT2D eigenvalue weighted by Crippen LogP contribution is -2.36. The molecule has 0 aromatic rings. The van der Waals surface area contributed by atoms with Gasteiger partial charge in [0.2, 0.25) is 0 Å². The summed E-state index contributed by atoms with van der Waals surface area (Å²) in [4.78, 5) is 2.58. The van der Waals surface area contributed by atoms with E-state index in [4.69, 9.17) is 10.8 Å². The summed E-state index contributed by atoms with van der Waals surface area (Å²) >= 11 is 0. The summed E-state index contributed by atoms with van der Waals surface area (Å²) in [6.07, 6.45) is 7.39. The molecule has 3 nitrogen and oxygen atoms in total. The Morgan fingerprint density at radius 3 is 2.78 bits per heavy atom. The first-order valence-corrected chi connectivity index (χ1v) is 7.61. The Balaban J connectivity index is 2.11. The molecule has 0 spiro atoms. The van der Waals surface area contributed by atoms with Crippen molar-refractivity contribution in [3.8, 4) is 0 Å². The number of nitrogens with two attached hydrogens (primary N) is 1. The molecule has 0 saturated carbocycles. The van der Waals surface area contributed by atoms with E-state index in [-0.39, 0.29) is 0 Å².